The van der Waals surface area contributed by atoms with Gasteiger partial charge < -0.3 is 15.5 Å². The number of carboxylic acids is 2. The molecule has 0 unspecified atom stereocenters. The zero-order valence-electron chi connectivity index (χ0n) is 10.1. The van der Waals surface area contributed by atoms with E-state index in [-0.39, 0.29) is 6.54 Å². The summed E-state index contributed by atoms with van der Waals surface area (Å²) < 4.78 is 0. The lowest BCUT2D eigenvalue weighted by Gasteiger charge is -2.16. The van der Waals surface area contributed by atoms with Crippen molar-refractivity contribution in [3.8, 4) is 0 Å². The molecule has 9 nitrogen and oxygen atoms in total. The molecule has 0 spiro atoms. The number of rotatable bonds is 8. The van der Waals surface area contributed by atoms with Crippen molar-refractivity contribution in [1.29, 1.82) is 0 Å². The van der Waals surface area contributed by atoms with E-state index in [4.69, 9.17) is 10.2 Å². The summed E-state index contributed by atoms with van der Waals surface area (Å²) in [6, 6.07) is -0.768. The Balaban J connectivity index is 4.28. The van der Waals surface area contributed by atoms with Crippen LogP contribution < -0.4 is 10.6 Å². The zero-order valence-corrected chi connectivity index (χ0v) is 10.1. The van der Waals surface area contributed by atoms with Crippen molar-refractivity contribution in [2.24, 2.45) is 0 Å². The Morgan fingerprint density at radius 3 is 2.00 bits per heavy atom. The molecule has 0 aliphatic carbocycles. The van der Waals surface area contributed by atoms with Crippen LogP contribution in [0.15, 0.2) is 12.7 Å². The van der Waals surface area contributed by atoms with Gasteiger partial charge in [-0.2, -0.15) is 0 Å². The van der Waals surface area contributed by atoms with E-state index in [0.29, 0.717) is 0 Å². The monoisotopic (exact) mass is 273 g/mol. The van der Waals surface area contributed by atoms with Gasteiger partial charge in [-0.25, -0.2) is 4.79 Å². The molecule has 0 saturated carbocycles. The Morgan fingerprint density at radius 2 is 1.58 bits per heavy atom. The van der Waals surface area contributed by atoms with Gasteiger partial charge in [-0.1, -0.05) is 6.08 Å². The average Bonchev–Trinajstić information content (AvgIpc) is 2.23. The highest BCUT2D eigenvalue weighted by molar-refractivity contribution is 5.95. The van der Waals surface area contributed by atoms with Gasteiger partial charge in [0.15, 0.2) is 0 Å². The predicted octanol–water partition coefficient (Wildman–Crippen LogP) is -1.53. The summed E-state index contributed by atoms with van der Waals surface area (Å²) in [5.74, 6) is -3.35. The molecule has 0 aliphatic heterocycles. The van der Waals surface area contributed by atoms with Gasteiger partial charge in [-0.3, -0.25) is 24.6 Å². The molecule has 4 N–H and O–H groups in total. The number of nitrogens with zero attached hydrogens (tertiary/aromatic N) is 1. The topological polar surface area (TPSA) is 136 Å². The fourth-order valence-corrected chi connectivity index (χ4v) is 1.13. The van der Waals surface area contributed by atoms with Crippen molar-refractivity contribution in [2.75, 3.05) is 26.2 Å². The minimum Gasteiger partial charge on any atom is -0.480 e. The van der Waals surface area contributed by atoms with Crippen LogP contribution in [0.1, 0.15) is 0 Å². The van der Waals surface area contributed by atoms with Gasteiger partial charge in [0, 0.05) is 6.54 Å². The molecule has 0 radical (unpaired) electrons. The van der Waals surface area contributed by atoms with Gasteiger partial charge in [0.2, 0.25) is 5.91 Å². The first kappa shape index (κ1) is 16.6. The first-order valence-electron chi connectivity index (χ1n) is 5.19. The molecule has 0 fully saturated rings. The minimum atomic E-state index is -1.27. The molecule has 0 aliphatic rings. The molecule has 0 aromatic heterocycles. The second kappa shape index (κ2) is 8.64. The van der Waals surface area contributed by atoms with Gasteiger partial charge in [0.1, 0.15) is 0 Å². The SMILES string of the molecule is C=CCNC(=O)NC(=O)CN(CC(=O)O)CC(=O)O. The second-order valence-electron chi connectivity index (χ2n) is 3.48. The summed E-state index contributed by atoms with van der Waals surface area (Å²) in [6.45, 7) is 1.77. The van der Waals surface area contributed by atoms with E-state index in [0.717, 1.165) is 4.90 Å². The molecule has 19 heavy (non-hydrogen) atoms. The maximum atomic E-state index is 11.4. The molecule has 9 heteroatoms. The molecule has 0 bridgehead atoms. The molecular formula is C10H15N3O6. The minimum absolute atomic E-state index is 0.160. The molecule has 0 aromatic rings. The van der Waals surface area contributed by atoms with Crippen molar-refractivity contribution < 1.29 is 29.4 Å². The average molecular weight is 273 g/mol. The fourth-order valence-electron chi connectivity index (χ4n) is 1.13. The van der Waals surface area contributed by atoms with E-state index >= 15 is 0 Å². The standard InChI is InChI=1S/C10H15N3O6/c1-2-3-11-10(19)12-7(14)4-13(5-8(15)16)6-9(17)18/h2H,1,3-6H2,(H,15,16)(H,17,18)(H2,11,12,14,19). The first-order chi connectivity index (χ1) is 8.85. The maximum Gasteiger partial charge on any atom is 0.321 e. The van der Waals surface area contributed by atoms with E-state index < -0.39 is 43.5 Å². The number of imide groups is 1. The number of amides is 3. The molecule has 0 rings (SSSR count). The number of carbonyl (C=O) groups excluding carboxylic acids is 2. The van der Waals surface area contributed by atoms with Gasteiger partial charge in [-0.15, -0.1) is 6.58 Å². The Labute approximate surface area is 108 Å². The van der Waals surface area contributed by atoms with Gasteiger partial charge in [0.05, 0.1) is 19.6 Å². The predicted molar refractivity (Wildman–Crippen MR) is 63.5 cm³/mol. The van der Waals surface area contributed by atoms with Crippen LogP contribution in [0, 0.1) is 0 Å². The number of aliphatic carboxylic acids is 2. The Kier molecular flexibility index (Phi) is 7.54. The maximum absolute atomic E-state index is 11.4. The van der Waals surface area contributed by atoms with Crippen LogP contribution in [-0.2, 0) is 14.4 Å². The van der Waals surface area contributed by atoms with Crippen LogP contribution in [0.4, 0.5) is 4.79 Å². The lowest BCUT2D eigenvalue weighted by molar-refractivity contribution is -0.142. The molecule has 0 atom stereocenters. The third-order valence-corrected chi connectivity index (χ3v) is 1.74. The van der Waals surface area contributed by atoms with Crippen molar-refractivity contribution in [3.63, 3.8) is 0 Å². The lowest BCUT2D eigenvalue weighted by Crippen LogP contribution is -2.46. The summed E-state index contributed by atoms with van der Waals surface area (Å²) in [4.78, 5) is 44.3. The van der Waals surface area contributed by atoms with E-state index in [1.165, 1.54) is 6.08 Å². The van der Waals surface area contributed by atoms with Crippen LogP contribution in [0.2, 0.25) is 0 Å². The summed E-state index contributed by atoms with van der Waals surface area (Å²) in [5.41, 5.74) is 0. The molecule has 3 amide bonds. The van der Waals surface area contributed by atoms with E-state index in [1.807, 2.05) is 5.32 Å². The van der Waals surface area contributed by atoms with Gasteiger partial charge in [-0.05, 0) is 0 Å². The summed E-state index contributed by atoms with van der Waals surface area (Å²) in [7, 11) is 0. The molecule has 0 saturated heterocycles. The normalized spacial score (nSPS) is 9.74. The van der Waals surface area contributed by atoms with Gasteiger partial charge in [0.25, 0.3) is 0 Å². The van der Waals surface area contributed by atoms with Crippen LogP contribution in [0.5, 0.6) is 0 Å². The largest absolute Gasteiger partial charge is 0.480 e. The number of hydrogen-bond donors (Lipinski definition) is 4. The molecule has 0 heterocycles. The third-order valence-electron chi connectivity index (χ3n) is 1.74. The first-order valence-corrected chi connectivity index (χ1v) is 5.19. The highest BCUT2D eigenvalue weighted by atomic mass is 16.4. The summed E-state index contributed by atoms with van der Waals surface area (Å²) >= 11 is 0. The number of urea groups is 1. The van der Waals surface area contributed by atoms with E-state index in [9.17, 15) is 19.2 Å². The summed E-state index contributed by atoms with van der Waals surface area (Å²) in [6.07, 6.45) is 1.41. The fraction of sp³-hybridized carbons (Fsp3) is 0.400. The van der Waals surface area contributed by atoms with Crippen molar-refractivity contribution >= 4 is 23.9 Å². The van der Waals surface area contributed by atoms with Crippen LogP contribution >= 0.6 is 0 Å². The van der Waals surface area contributed by atoms with Crippen LogP contribution in [0.25, 0.3) is 0 Å². The molecular weight excluding hydrogens is 258 g/mol. The Morgan fingerprint density at radius 1 is 1.05 bits per heavy atom. The number of hydrogen-bond acceptors (Lipinski definition) is 5. The van der Waals surface area contributed by atoms with Crippen molar-refractivity contribution in [2.45, 2.75) is 0 Å². The smallest absolute Gasteiger partial charge is 0.321 e. The lowest BCUT2D eigenvalue weighted by atomic mass is 10.4. The van der Waals surface area contributed by atoms with Crippen molar-refractivity contribution in [3.05, 3.63) is 12.7 Å². The third kappa shape index (κ3) is 9.30. The van der Waals surface area contributed by atoms with E-state index in [1.54, 1.807) is 0 Å². The molecule has 0 aromatic carbocycles. The van der Waals surface area contributed by atoms with Gasteiger partial charge >= 0.3 is 18.0 Å². The highest BCUT2D eigenvalue weighted by Gasteiger charge is 2.17. The number of carboxylic acid groups (broad SMARTS) is 2. The zero-order chi connectivity index (χ0) is 14.8. The Bertz CT molecular complexity index is 365. The quantitative estimate of drug-likeness (QED) is 0.394. The number of carbonyl (C=O) groups is 4. The second-order valence-corrected chi connectivity index (χ2v) is 3.48. The number of nitrogens with one attached hydrogen (secondary N) is 2. The summed E-state index contributed by atoms with van der Waals surface area (Å²) in [5, 5.41) is 21.3. The Hall–Kier alpha value is -2.42. The van der Waals surface area contributed by atoms with Crippen molar-refractivity contribution in [1.82, 2.24) is 15.5 Å². The highest BCUT2D eigenvalue weighted by Crippen LogP contribution is 1.88. The molecule has 106 valence electrons. The van der Waals surface area contributed by atoms with Crippen LogP contribution in [-0.4, -0.2) is 65.2 Å². The van der Waals surface area contributed by atoms with Crippen LogP contribution in [0.3, 0.4) is 0 Å². The van der Waals surface area contributed by atoms with E-state index in [2.05, 4.69) is 11.9 Å².